The number of carboxylic acids is 1. The average Bonchev–Trinajstić information content (AvgIpc) is 2.98. The Balaban J connectivity index is 0.00000280. The van der Waals surface area contributed by atoms with E-state index in [-0.39, 0.29) is 35.1 Å². The summed E-state index contributed by atoms with van der Waals surface area (Å²) >= 11 is 0. The van der Waals surface area contributed by atoms with E-state index in [0.29, 0.717) is 28.2 Å². The Morgan fingerprint density at radius 2 is 1.82 bits per heavy atom. The molecule has 0 aliphatic carbocycles. The van der Waals surface area contributed by atoms with Crippen molar-refractivity contribution in [3.05, 3.63) is 47.5 Å². The topological polar surface area (TPSA) is 78.0 Å². The number of aromatic nitrogens is 2. The Labute approximate surface area is 181 Å². The van der Waals surface area contributed by atoms with Crippen LogP contribution in [0.1, 0.15) is 25.0 Å². The number of benzene rings is 2. The van der Waals surface area contributed by atoms with Gasteiger partial charge in [-0.15, -0.1) is 0 Å². The van der Waals surface area contributed by atoms with Crippen LogP contribution in [0.3, 0.4) is 0 Å². The normalized spacial score (nSPS) is 11.9. The number of aromatic amines is 1. The maximum Gasteiger partial charge on any atom is 1.00 e. The number of H-pyrrole nitrogens is 1. The number of aryl methyl sites for hydroxylation is 1. The Hall–Kier alpha value is -2.03. The summed E-state index contributed by atoms with van der Waals surface area (Å²) in [5.74, 6) is -0.578. The average molecular weight is 400 g/mol. The molecule has 0 saturated heterocycles. The molecular weight excluding hydrogens is 384 g/mol. The Morgan fingerprint density at radius 1 is 1.14 bits per heavy atom. The number of ether oxygens (including phenoxy) is 1. The molecule has 1 heterocycles. The van der Waals surface area contributed by atoms with Crippen molar-refractivity contribution < 1.29 is 57.4 Å². The van der Waals surface area contributed by atoms with E-state index >= 15 is 0 Å². The molecular formula is C19H16F3N2NaO3. The first-order valence-electron chi connectivity index (χ1n) is 8.06. The number of rotatable bonds is 4. The van der Waals surface area contributed by atoms with E-state index in [4.69, 9.17) is 4.74 Å². The summed E-state index contributed by atoms with van der Waals surface area (Å²) in [6.45, 7) is 4.49. The zero-order chi connectivity index (χ0) is 20.0. The third-order valence-corrected chi connectivity index (χ3v) is 4.11. The van der Waals surface area contributed by atoms with Crippen molar-refractivity contribution in [1.82, 2.24) is 9.97 Å². The predicted octanol–water partition coefficient (Wildman–Crippen LogP) is 0.468. The van der Waals surface area contributed by atoms with Gasteiger partial charge in [0.1, 0.15) is 17.2 Å². The first kappa shape index (κ1) is 22.3. The Morgan fingerprint density at radius 3 is 2.39 bits per heavy atom. The largest absolute Gasteiger partial charge is 1.00 e. The second-order valence-corrected chi connectivity index (χ2v) is 6.70. The van der Waals surface area contributed by atoms with Crippen molar-refractivity contribution in [1.29, 1.82) is 0 Å². The summed E-state index contributed by atoms with van der Waals surface area (Å²) in [7, 11) is 0. The van der Waals surface area contributed by atoms with Gasteiger partial charge in [-0.3, -0.25) is 0 Å². The zero-order valence-electron chi connectivity index (χ0n) is 15.8. The minimum Gasteiger partial charge on any atom is -0.546 e. The molecule has 1 N–H and O–H groups in total. The Kier molecular flexibility index (Phi) is 6.18. The van der Waals surface area contributed by atoms with E-state index in [0.717, 1.165) is 12.1 Å². The summed E-state index contributed by atoms with van der Waals surface area (Å²) in [5, 5.41) is 11.1. The van der Waals surface area contributed by atoms with Crippen LogP contribution in [0.25, 0.3) is 22.4 Å². The third-order valence-electron chi connectivity index (χ3n) is 4.11. The van der Waals surface area contributed by atoms with Gasteiger partial charge in [-0.2, -0.15) is 13.2 Å². The molecule has 142 valence electrons. The maximum atomic E-state index is 12.8. The van der Waals surface area contributed by atoms with Crippen molar-refractivity contribution in [3.8, 4) is 17.1 Å². The molecule has 0 radical (unpaired) electrons. The van der Waals surface area contributed by atoms with Gasteiger partial charge >= 0.3 is 35.7 Å². The van der Waals surface area contributed by atoms with Gasteiger partial charge in [-0.1, -0.05) is 0 Å². The number of carboxylic acid groups (broad SMARTS) is 1. The number of carbonyl (C=O) groups is 1. The van der Waals surface area contributed by atoms with Crippen LogP contribution in [0.5, 0.6) is 5.75 Å². The van der Waals surface area contributed by atoms with Crippen LogP contribution in [-0.2, 0) is 11.0 Å². The number of hydrogen-bond donors (Lipinski definition) is 1. The van der Waals surface area contributed by atoms with Gasteiger partial charge in [-0.25, -0.2) is 4.98 Å². The molecule has 28 heavy (non-hydrogen) atoms. The summed E-state index contributed by atoms with van der Waals surface area (Å²) in [4.78, 5) is 18.3. The summed E-state index contributed by atoms with van der Waals surface area (Å²) in [6.07, 6.45) is -4.43. The molecule has 0 atom stereocenters. The second-order valence-electron chi connectivity index (χ2n) is 6.70. The van der Waals surface area contributed by atoms with Crippen LogP contribution in [0.2, 0.25) is 0 Å². The molecule has 2 aromatic carbocycles. The molecule has 9 heteroatoms. The minimum absolute atomic E-state index is 0. The van der Waals surface area contributed by atoms with Crippen molar-refractivity contribution in [2.75, 3.05) is 0 Å². The number of carbonyl (C=O) groups excluding carboxylic acids is 1. The number of fused-ring (bicyclic) bond motifs is 1. The van der Waals surface area contributed by atoms with Gasteiger partial charge in [0.25, 0.3) is 0 Å². The molecule has 5 nitrogen and oxygen atoms in total. The number of halogens is 3. The van der Waals surface area contributed by atoms with E-state index in [1.165, 1.54) is 19.9 Å². The summed E-state index contributed by atoms with van der Waals surface area (Å²) in [6, 6.07) is 8.25. The summed E-state index contributed by atoms with van der Waals surface area (Å²) in [5.41, 5.74) is -0.284. The quantitative estimate of drug-likeness (QED) is 0.646. The third kappa shape index (κ3) is 4.51. The second kappa shape index (κ2) is 7.77. The van der Waals surface area contributed by atoms with Gasteiger partial charge in [0.15, 0.2) is 0 Å². The van der Waals surface area contributed by atoms with Crippen molar-refractivity contribution in [2.45, 2.75) is 32.5 Å². The first-order chi connectivity index (χ1) is 12.5. The van der Waals surface area contributed by atoms with Gasteiger partial charge in [0.2, 0.25) is 0 Å². The zero-order valence-corrected chi connectivity index (χ0v) is 17.8. The van der Waals surface area contributed by atoms with E-state index in [2.05, 4.69) is 9.97 Å². The fraction of sp³-hybridized carbons (Fsp3) is 0.263. The van der Waals surface area contributed by atoms with E-state index in [1.807, 2.05) is 0 Å². The molecule has 0 amide bonds. The molecule has 0 aliphatic heterocycles. The van der Waals surface area contributed by atoms with Crippen LogP contribution >= 0.6 is 0 Å². The molecule has 3 rings (SSSR count). The van der Waals surface area contributed by atoms with Crippen molar-refractivity contribution in [3.63, 3.8) is 0 Å². The summed E-state index contributed by atoms with van der Waals surface area (Å²) < 4.78 is 44.0. The molecule has 1 aromatic heterocycles. The van der Waals surface area contributed by atoms with Crippen LogP contribution in [0, 0.1) is 6.92 Å². The van der Waals surface area contributed by atoms with Gasteiger partial charge < -0.3 is 19.6 Å². The van der Waals surface area contributed by atoms with Crippen molar-refractivity contribution in [2.24, 2.45) is 0 Å². The first-order valence-corrected chi connectivity index (χ1v) is 8.06. The minimum atomic E-state index is -4.43. The molecule has 0 saturated carbocycles. The van der Waals surface area contributed by atoms with E-state index < -0.39 is 23.3 Å². The van der Waals surface area contributed by atoms with E-state index in [9.17, 15) is 23.1 Å². The fourth-order valence-corrected chi connectivity index (χ4v) is 2.55. The van der Waals surface area contributed by atoms with Gasteiger partial charge in [0.05, 0.1) is 22.6 Å². The fourth-order valence-electron chi connectivity index (χ4n) is 2.55. The standard InChI is InChI=1S/C19H17F3N2O3.Na/c1-10-8-11(4-7-15(10)27-18(2,3)17(25)26)16-23-13-6-5-12(19(20,21)22)9-14(13)24-16;/h4-9H,1-3H3,(H,23,24)(H,25,26);/q;+1/p-1. The number of imidazole rings is 1. The number of nitrogens with zero attached hydrogens (tertiary/aromatic N) is 1. The number of nitrogens with one attached hydrogen (secondary N) is 1. The van der Waals surface area contributed by atoms with Crippen molar-refractivity contribution >= 4 is 17.0 Å². The molecule has 0 aliphatic rings. The Bertz CT molecular complexity index is 1030. The molecule has 3 aromatic rings. The smallest absolute Gasteiger partial charge is 0.546 e. The molecule has 0 bridgehead atoms. The van der Waals surface area contributed by atoms with E-state index in [1.54, 1.807) is 25.1 Å². The van der Waals surface area contributed by atoms with Crippen LogP contribution < -0.4 is 39.4 Å². The predicted molar refractivity (Wildman–Crippen MR) is 91.0 cm³/mol. The number of hydrogen-bond acceptors (Lipinski definition) is 4. The molecule has 0 spiro atoms. The van der Waals surface area contributed by atoms with Crippen LogP contribution in [0.4, 0.5) is 13.2 Å². The van der Waals surface area contributed by atoms with Gasteiger partial charge in [0, 0.05) is 5.56 Å². The number of aliphatic carboxylic acids is 1. The SMILES string of the molecule is Cc1cc(-c2nc3ccc(C(F)(F)F)cc3[nH]2)ccc1OC(C)(C)C(=O)[O-].[Na+]. The van der Waals surface area contributed by atoms with Crippen LogP contribution in [0.15, 0.2) is 36.4 Å². The van der Waals surface area contributed by atoms with Gasteiger partial charge in [-0.05, 0) is 62.7 Å². The number of alkyl halides is 3. The maximum absolute atomic E-state index is 12.8. The van der Waals surface area contributed by atoms with Crippen LogP contribution in [-0.4, -0.2) is 21.5 Å². The molecule has 0 fully saturated rings. The molecule has 0 unspecified atom stereocenters. The monoisotopic (exact) mass is 400 g/mol.